The lowest BCUT2D eigenvalue weighted by Crippen LogP contribution is -2.68. The molecule has 5 heterocycles. The summed E-state index contributed by atoms with van der Waals surface area (Å²) >= 11 is 7.14. The molecule has 26 heteroatoms. The molecule has 0 spiro atoms. The van der Waals surface area contributed by atoms with Crippen molar-refractivity contribution in [3.8, 4) is 0 Å². The minimum Gasteiger partial charge on any atom is -0.286 e. The van der Waals surface area contributed by atoms with Crippen molar-refractivity contribution in [2.75, 3.05) is 0 Å². The number of rotatable bonds is 4. The Bertz CT molecular complexity index is 2040. The molecule has 9 fully saturated rings. The lowest BCUT2D eigenvalue weighted by molar-refractivity contribution is 0.171. The first-order valence-electron chi connectivity index (χ1n) is 20.2. The van der Waals surface area contributed by atoms with Gasteiger partial charge in [-0.25, -0.2) is 33.7 Å². The lowest BCUT2D eigenvalue weighted by atomic mass is 9.75. The average molecular weight is 1010 g/mol. The van der Waals surface area contributed by atoms with Crippen LogP contribution in [0.25, 0.3) is 0 Å². The Morgan fingerprint density at radius 2 is 0.586 bits per heavy atom. The van der Waals surface area contributed by atoms with Crippen molar-refractivity contribution in [2.45, 2.75) is 146 Å². The maximum atomic E-state index is 13.8. The number of hydrogen-bond acceptors (Lipinski definition) is 16. The molecule has 4 aliphatic carbocycles. The van der Waals surface area contributed by atoms with Gasteiger partial charge in [-0.1, -0.05) is 32.1 Å². The van der Waals surface area contributed by atoms with Crippen LogP contribution in [0, 0.1) is 47.3 Å². The Kier molecular flexibility index (Phi) is 13.3. The first-order chi connectivity index (χ1) is 26.7. The molecular weight excluding hydrogens is 957 g/mol. The zero-order chi connectivity index (χ0) is 40.6. The van der Waals surface area contributed by atoms with Gasteiger partial charge in [-0.2, -0.15) is 0 Å². The standard InChI is InChI=1S/C32H51Cl5N8O8S4.Al.3H/c33-17-11-5-10-16-18(17)30-43-29(16)41-27-13-7-2-1-6-12(13)25(39-27)38-26-14-8-3-4-9-15(14)28(40-26)42-31-19-20(32(44-30)45-31)22(55(35,48)49)24(57(37,52)53)23(56(36,50)51)21(19)54(34,46)47;;;;/h12-32,38-45H,1-11H2;;;;. The zero-order valence-electron chi connectivity index (χ0n) is 30.7. The number of alkyl halides is 1. The largest absolute Gasteiger partial charge is 0.286 e. The van der Waals surface area contributed by atoms with Gasteiger partial charge >= 0.3 is 0 Å². The smallest absolute Gasteiger partial charge is 0.238 e. The predicted octanol–water partition coefficient (Wildman–Crippen LogP) is -0.173. The fourth-order valence-electron chi connectivity index (χ4n) is 13.3. The molecule has 5 aliphatic heterocycles. The molecule has 0 radical (unpaired) electrons. The summed E-state index contributed by atoms with van der Waals surface area (Å²) in [7, 11) is 3.70. The molecule has 0 aromatic heterocycles. The Hall–Kier alpha value is 1.46. The quantitative estimate of drug-likeness (QED) is 0.104. The summed E-state index contributed by atoms with van der Waals surface area (Å²) in [4.78, 5) is 0. The monoisotopic (exact) mass is 1010 g/mol. The van der Waals surface area contributed by atoms with Crippen LogP contribution in [-0.4, -0.2) is 127 Å². The van der Waals surface area contributed by atoms with Gasteiger partial charge in [-0.05, 0) is 68.1 Å². The second-order valence-corrected chi connectivity index (χ2v) is 29.7. The second kappa shape index (κ2) is 16.7. The van der Waals surface area contributed by atoms with Crippen LogP contribution in [-0.2, 0) is 36.2 Å². The van der Waals surface area contributed by atoms with Crippen LogP contribution in [0.15, 0.2) is 0 Å². The lowest BCUT2D eigenvalue weighted by Gasteiger charge is -2.47. The summed E-state index contributed by atoms with van der Waals surface area (Å²) in [6.45, 7) is 0. The highest BCUT2D eigenvalue weighted by Crippen LogP contribution is 2.52. The minimum atomic E-state index is -5.22. The van der Waals surface area contributed by atoms with E-state index in [0.717, 1.165) is 70.6 Å². The molecule has 8 bridgehead atoms. The van der Waals surface area contributed by atoms with E-state index in [1.807, 2.05) is 0 Å². The summed E-state index contributed by atoms with van der Waals surface area (Å²) < 4.78 is 109. The van der Waals surface area contributed by atoms with E-state index in [1.54, 1.807) is 0 Å². The SMILES string of the molecule is O=S(=O)(Cl)C1C2C3NC4NC(NC5NC(NC6NC(NC(N3)C2C(S(=O)(=O)Cl)C(S(=O)(=O)Cl)C1S(=O)(=O)Cl)C1C(Cl)CCCC61)C1CCCCC51)C1CCCCC41.[AlH3]. The number of halogens is 5. The maximum absolute atomic E-state index is 13.8. The molecular formula is C32H54AlCl5N8O8S4. The van der Waals surface area contributed by atoms with Gasteiger partial charge in [0.15, 0.2) is 17.4 Å². The molecule has 5 saturated heterocycles. The van der Waals surface area contributed by atoms with E-state index in [4.69, 9.17) is 54.3 Å². The fourth-order valence-corrected chi connectivity index (χ4v) is 24.8. The molecule has 58 heavy (non-hydrogen) atoms. The van der Waals surface area contributed by atoms with E-state index < -0.39 is 93.7 Å². The Morgan fingerprint density at radius 1 is 0.328 bits per heavy atom. The van der Waals surface area contributed by atoms with Gasteiger partial charge in [0, 0.05) is 65.9 Å². The van der Waals surface area contributed by atoms with Crippen LogP contribution >= 0.6 is 54.3 Å². The van der Waals surface area contributed by atoms with Gasteiger partial charge in [-0.15, -0.1) is 11.6 Å². The van der Waals surface area contributed by atoms with E-state index in [9.17, 15) is 33.7 Å². The topological polar surface area (TPSA) is 233 Å². The van der Waals surface area contributed by atoms with Crippen molar-refractivity contribution in [3.05, 3.63) is 0 Å². The highest BCUT2D eigenvalue weighted by atomic mass is 35.7. The highest BCUT2D eigenvalue weighted by Gasteiger charge is 2.71. The fraction of sp³-hybridized carbons (Fsp3) is 1.00. The van der Waals surface area contributed by atoms with E-state index in [2.05, 4.69) is 42.5 Å². The molecule has 0 amide bonds. The summed E-state index contributed by atoms with van der Waals surface area (Å²) in [6.07, 6.45) is 7.04. The molecule has 332 valence electrons. The second-order valence-electron chi connectivity index (χ2n) is 18.0. The minimum absolute atomic E-state index is 0. The van der Waals surface area contributed by atoms with E-state index in [-0.39, 0.29) is 71.1 Å². The third-order valence-corrected chi connectivity index (χ3v) is 23.8. The first-order valence-corrected chi connectivity index (χ1v) is 30.1. The maximum Gasteiger partial charge on any atom is 0.238 e. The third kappa shape index (κ3) is 8.20. The summed E-state index contributed by atoms with van der Waals surface area (Å²) in [5.74, 6) is -2.11. The van der Waals surface area contributed by atoms with Gasteiger partial charge in [0.2, 0.25) is 36.2 Å². The van der Waals surface area contributed by atoms with Crippen LogP contribution in [0.4, 0.5) is 0 Å². The first kappa shape index (κ1) is 46.0. The van der Waals surface area contributed by atoms with Gasteiger partial charge < -0.3 is 0 Å². The van der Waals surface area contributed by atoms with Crippen molar-refractivity contribution < 1.29 is 33.7 Å². The molecule has 8 N–H and O–H groups in total. The van der Waals surface area contributed by atoms with Crippen molar-refractivity contribution in [1.29, 1.82) is 0 Å². The highest BCUT2D eigenvalue weighted by molar-refractivity contribution is 8.20. The summed E-state index contributed by atoms with van der Waals surface area (Å²) in [5.41, 5.74) is 0. The third-order valence-electron chi connectivity index (χ3n) is 15.3. The predicted molar refractivity (Wildman–Crippen MR) is 228 cm³/mol. The van der Waals surface area contributed by atoms with Crippen molar-refractivity contribution >= 4 is 108 Å². The van der Waals surface area contributed by atoms with Crippen molar-refractivity contribution in [3.63, 3.8) is 0 Å². The Morgan fingerprint density at radius 3 is 0.914 bits per heavy atom. The summed E-state index contributed by atoms with van der Waals surface area (Å²) in [6, 6.07) is 0. The Labute approximate surface area is 374 Å². The van der Waals surface area contributed by atoms with Gasteiger partial charge in [0.25, 0.3) is 0 Å². The average Bonchev–Trinajstić information content (AvgIpc) is 3.85. The van der Waals surface area contributed by atoms with Gasteiger partial charge in [-0.3, -0.25) is 42.5 Å². The molecule has 4 saturated carbocycles. The molecule has 16 nitrogen and oxygen atoms in total. The molecule has 0 aromatic carbocycles. The van der Waals surface area contributed by atoms with Gasteiger partial charge in [0.05, 0.1) is 49.3 Å². The van der Waals surface area contributed by atoms with Crippen LogP contribution in [0.2, 0.25) is 0 Å². The van der Waals surface area contributed by atoms with E-state index in [0.29, 0.717) is 11.8 Å². The van der Waals surface area contributed by atoms with Gasteiger partial charge in [0.1, 0.15) is 21.0 Å². The molecule has 21 atom stereocenters. The Balaban J connectivity index is 0.00000469. The zero-order valence-corrected chi connectivity index (χ0v) is 37.7. The number of nitrogens with one attached hydrogen (secondary N) is 8. The normalized spacial score (nSPS) is 50.8. The van der Waals surface area contributed by atoms with Crippen molar-refractivity contribution in [1.82, 2.24) is 42.5 Å². The molecule has 21 unspecified atom stereocenters. The van der Waals surface area contributed by atoms with E-state index >= 15 is 0 Å². The van der Waals surface area contributed by atoms with Crippen LogP contribution in [0.5, 0.6) is 0 Å². The molecule has 9 aliphatic rings. The van der Waals surface area contributed by atoms with Crippen LogP contribution in [0.3, 0.4) is 0 Å². The number of hydrogen-bond donors (Lipinski definition) is 8. The van der Waals surface area contributed by atoms with Crippen LogP contribution < -0.4 is 42.5 Å². The molecule has 9 rings (SSSR count). The van der Waals surface area contributed by atoms with Crippen LogP contribution in [0.1, 0.15) is 70.6 Å². The van der Waals surface area contributed by atoms with Crippen molar-refractivity contribution in [2.24, 2.45) is 47.3 Å². The number of fused-ring (bicyclic) bond motifs is 20. The molecule has 0 aromatic rings. The van der Waals surface area contributed by atoms with E-state index in [1.165, 1.54) is 0 Å². The summed E-state index contributed by atoms with van der Waals surface area (Å²) in [5, 5.41) is 19.9.